The molecule has 0 radical (unpaired) electrons. The SMILES string of the molecule is C=C(/C=C(/COC(C)C)N=C(N)N)N1CCNCC1. The lowest BCUT2D eigenvalue weighted by molar-refractivity contribution is 0.0966. The number of guanidine groups is 1. The third-order valence-electron chi connectivity index (χ3n) is 2.69. The first-order valence-electron chi connectivity index (χ1n) is 6.55. The summed E-state index contributed by atoms with van der Waals surface area (Å²) in [6.45, 7) is 12.2. The van der Waals surface area contributed by atoms with E-state index in [2.05, 4.69) is 21.8 Å². The van der Waals surface area contributed by atoms with Crippen LogP contribution in [0.3, 0.4) is 0 Å². The molecule has 1 heterocycles. The van der Waals surface area contributed by atoms with Gasteiger partial charge in [-0.2, -0.15) is 0 Å². The number of allylic oxidation sites excluding steroid dienone is 1. The summed E-state index contributed by atoms with van der Waals surface area (Å²) in [5, 5.41) is 3.30. The molecule has 108 valence electrons. The zero-order valence-electron chi connectivity index (χ0n) is 11.9. The normalized spacial score (nSPS) is 16.6. The maximum atomic E-state index is 5.53. The molecular formula is C13H25N5O. The number of ether oxygens (including phenoxy) is 1. The molecule has 5 N–H and O–H groups in total. The van der Waals surface area contributed by atoms with E-state index in [1.165, 1.54) is 0 Å². The van der Waals surface area contributed by atoms with Gasteiger partial charge in [0.1, 0.15) is 0 Å². The Morgan fingerprint density at radius 1 is 1.42 bits per heavy atom. The second-order valence-electron chi connectivity index (χ2n) is 4.76. The van der Waals surface area contributed by atoms with E-state index in [1.54, 1.807) is 0 Å². The van der Waals surface area contributed by atoms with E-state index in [9.17, 15) is 0 Å². The van der Waals surface area contributed by atoms with Gasteiger partial charge in [-0.25, -0.2) is 4.99 Å². The van der Waals surface area contributed by atoms with Crippen LogP contribution in [0.25, 0.3) is 0 Å². The zero-order chi connectivity index (χ0) is 14.3. The van der Waals surface area contributed by atoms with E-state index in [0.717, 1.165) is 31.9 Å². The average Bonchev–Trinajstić information content (AvgIpc) is 2.36. The van der Waals surface area contributed by atoms with Crippen LogP contribution in [-0.2, 0) is 4.74 Å². The van der Waals surface area contributed by atoms with Gasteiger partial charge >= 0.3 is 0 Å². The molecular weight excluding hydrogens is 242 g/mol. The first-order valence-corrected chi connectivity index (χ1v) is 6.55. The average molecular weight is 267 g/mol. The summed E-state index contributed by atoms with van der Waals surface area (Å²) in [5.41, 5.74) is 12.5. The Morgan fingerprint density at radius 2 is 2.05 bits per heavy atom. The molecule has 0 saturated carbocycles. The Kier molecular flexibility index (Phi) is 6.38. The minimum absolute atomic E-state index is 0.0340. The Balaban J connectivity index is 2.68. The monoisotopic (exact) mass is 267 g/mol. The van der Waals surface area contributed by atoms with Crippen molar-refractivity contribution < 1.29 is 4.74 Å². The van der Waals surface area contributed by atoms with E-state index in [-0.39, 0.29) is 12.1 Å². The quantitative estimate of drug-likeness (QED) is 0.358. The molecule has 0 aromatic carbocycles. The van der Waals surface area contributed by atoms with E-state index < -0.39 is 0 Å². The van der Waals surface area contributed by atoms with Gasteiger partial charge in [0.15, 0.2) is 5.96 Å². The molecule has 6 nitrogen and oxygen atoms in total. The second-order valence-corrected chi connectivity index (χ2v) is 4.76. The van der Waals surface area contributed by atoms with Gasteiger partial charge < -0.3 is 26.4 Å². The lowest BCUT2D eigenvalue weighted by Crippen LogP contribution is -2.42. The van der Waals surface area contributed by atoms with E-state index >= 15 is 0 Å². The van der Waals surface area contributed by atoms with Crippen LogP contribution in [0.15, 0.2) is 29.0 Å². The highest BCUT2D eigenvalue weighted by molar-refractivity contribution is 5.76. The van der Waals surface area contributed by atoms with Crippen LogP contribution in [0.2, 0.25) is 0 Å². The van der Waals surface area contributed by atoms with Gasteiger partial charge in [-0.15, -0.1) is 0 Å². The number of piperazine rings is 1. The lowest BCUT2D eigenvalue weighted by Gasteiger charge is -2.29. The molecule has 0 bridgehead atoms. The van der Waals surface area contributed by atoms with E-state index in [1.807, 2.05) is 19.9 Å². The van der Waals surface area contributed by atoms with Crippen LogP contribution in [0, 0.1) is 0 Å². The molecule has 0 aromatic rings. The number of nitrogens with two attached hydrogens (primary N) is 2. The molecule has 0 atom stereocenters. The molecule has 0 unspecified atom stereocenters. The fourth-order valence-electron chi connectivity index (χ4n) is 1.76. The molecule has 6 heteroatoms. The predicted molar refractivity (Wildman–Crippen MR) is 78.6 cm³/mol. The smallest absolute Gasteiger partial charge is 0.190 e. The van der Waals surface area contributed by atoms with Crippen LogP contribution >= 0.6 is 0 Å². The summed E-state index contributed by atoms with van der Waals surface area (Å²) >= 11 is 0. The number of nitrogens with one attached hydrogen (secondary N) is 1. The molecule has 1 fully saturated rings. The minimum Gasteiger partial charge on any atom is -0.373 e. The number of hydrogen-bond donors (Lipinski definition) is 3. The highest BCUT2D eigenvalue weighted by atomic mass is 16.5. The highest BCUT2D eigenvalue weighted by Crippen LogP contribution is 2.10. The first-order chi connectivity index (χ1) is 8.99. The van der Waals surface area contributed by atoms with Gasteiger partial charge in [0.05, 0.1) is 18.4 Å². The van der Waals surface area contributed by atoms with Crippen LogP contribution in [-0.4, -0.2) is 49.7 Å². The topological polar surface area (TPSA) is 88.9 Å². The van der Waals surface area contributed by atoms with Gasteiger partial charge in [-0.3, -0.25) is 0 Å². The molecule has 0 aliphatic carbocycles. The molecule has 1 aliphatic heterocycles. The fourth-order valence-corrected chi connectivity index (χ4v) is 1.76. The van der Waals surface area contributed by atoms with Crippen LogP contribution in [0.5, 0.6) is 0 Å². The van der Waals surface area contributed by atoms with Gasteiger partial charge in [-0.1, -0.05) is 6.58 Å². The Hall–Kier alpha value is -1.53. The lowest BCUT2D eigenvalue weighted by atomic mass is 10.2. The van der Waals surface area contributed by atoms with Crippen molar-refractivity contribution in [2.75, 3.05) is 32.8 Å². The molecule has 0 spiro atoms. The Labute approximate surface area is 115 Å². The van der Waals surface area contributed by atoms with E-state index in [0.29, 0.717) is 12.3 Å². The molecule has 1 saturated heterocycles. The zero-order valence-corrected chi connectivity index (χ0v) is 11.9. The number of nitrogens with zero attached hydrogens (tertiary/aromatic N) is 2. The summed E-state index contributed by atoms with van der Waals surface area (Å²) in [6.07, 6.45) is 2.01. The van der Waals surface area contributed by atoms with Crippen molar-refractivity contribution >= 4 is 5.96 Å². The van der Waals surface area contributed by atoms with Crippen molar-refractivity contribution in [3.05, 3.63) is 24.0 Å². The second kappa shape index (κ2) is 7.81. The van der Waals surface area contributed by atoms with Crippen molar-refractivity contribution in [2.24, 2.45) is 16.5 Å². The van der Waals surface area contributed by atoms with Crippen molar-refractivity contribution in [1.82, 2.24) is 10.2 Å². The summed E-state index contributed by atoms with van der Waals surface area (Å²) in [7, 11) is 0. The highest BCUT2D eigenvalue weighted by Gasteiger charge is 2.10. The fraction of sp³-hybridized carbons (Fsp3) is 0.615. The standard InChI is InChI=1S/C13H25N5O/c1-10(2)19-9-12(17-13(14)15)8-11(3)18-6-4-16-5-7-18/h8,10,16H,3-7,9H2,1-2H3,(H4,14,15,17)/b12-8-. The van der Waals surface area contributed by atoms with Crippen LogP contribution in [0.1, 0.15) is 13.8 Å². The summed E-state index contributed by atoms with van der Waals surface area (Å²) in [4.78, 5) is 6.29. The molecule has 1 rings (SSSR count). The predicted octanol–water partition coefficient (Wildman–Crippen LogP) is -0.0124. The molecule has 0 aromatic heterocycles. The third-order valence-corrected chi connectivity index (χ3v) is 2.69. The van der Waals surface area contributed by atoms with Gasteiger partial charge in [-0.05, 0) is 19.9 Å². The maximum absolute atomic E-state index is 5.53. The number of aliphatic imine (C=N–C) groups is 1. The minimum atomic E-state index is 0.0340. The van der Waals surface area contributed by atoms with Gasteiger partial charge in [0.25, 0.3) is 0 Å². The number of hydrogen-bond acceptors (Lipinski definition) is 4. The van der Waals surface area contributed by atoms with Crippen molar-refractivity contribution in [3.63, 3.8) is 0 Å². The van der Waals surface area contributed by atoms with Crippen molar-refractivity contribution in [3.8, 4) is 0 Å². The molecule has 0 amide bonds. The maximum Gasteiger partial charge on any atom is 0.190 e. The first kappa shape index (κ1) is 15.5. The largest absolute Gasteiger partial charge is 0.373 e. The van der Waals surface area contributed by atoms with Crippen LogP contribution in [0.4, 0.5) is 0 Å². The van der Waals surface area contributed by atoms with Crippen molar-refractivity contribution in [2.45, 2.75) is 20.0 Å². The third kappa shape index (κ3) is 6.26. The van der Waals surface area contributed by atoms with Gasteiger partial charge in [0, 0.05) is 31.9 Å². The van der Waals surface area contributed by atoms with Crippen LogP contribution < -0.4 is 16.8 Å². The number of rotatable bonds is 6. The van der Waals surface area contributed by atoms with Crippen molar-refractivity contribution in [1.29, 1.82) is 0 Å². The Morgan fingerprint density at radius 3 is 2.58 bits per heavy atom. The molecule has 19 heavy (non-hydrogen) atoms. The summed E-state index contributed by atoms with van der Waals surface area (Å²) in [6, 6.07) is 0. The summed E-state index contributed by atoms with van der Waals surface area (Å²) in [5.74, 6) is 0.0340. The van der Waals surface area contributed by atoms with E-state index in [4.69, 9.17) is 16.2 Å². The van der Waals surface area contributed by atoms with Gasteiger partial charge in [0.2, 0.25) is 0 Å². The molecule has 1 aliphatic rings. The Bertz CT molecular complexity index is 352. The summed E-state index contributed by atoms with van der Waals surface area (Å²) < 4.78 is 5.53.